The Morgan fingerprint density at radius 1 is 1.20 bits per heavy atom. The van der Waals surface area contributed by atoms with Crippen molar-refractivity contribution in [3.63, 3.8) is 0 Å². The molecule has 1 aliphatic rings. The van der Waals surface area contributed by atoms with E-state index in [0.717, 1.165) is 36.4 Å². The maximum absolute atomic E-state index is 12.6. The van der Waals surface area contributed by atoms with Gasteiger partial charge in [-0.3, -0.25) is 14.3 Å². The number of benzene rings is 1. The number of carbonyl (C=O) groups is 2. The van der Waals surface area contributed by atoms with Gasteiger partial charge in [-0.05, 0) is 25.0 Å². The van der Waals surface area contributed by atoms with Crippen LogP contribution in [0.4, 0.5) is 16.6 Å². The average Bonchev–Trinajstić information content (AvgIpc) is 3.30. The van der Waals surface area contributed by atoms with Gasteiger partial charge in [-0.15, -0.1) is 0 Å². The summed E-state index contributed by atoms with van der Waals surface area (Å²) in [6, 6.07) is 7.79. The fourth-order valence-corrected chi connectivity index (χ4v) is 4.19. The molecular formula is C21H24N6O2S. The third kappa shape index (κ3) is 4.35. The van der Waals surface area contributed by atoms with Gasteiger partial charge in [-0.25, -0.2) is 4.98 Å². The molecule has 0 radical (unpaired) electrons. The Morgan fingerprint density at radius 3 is 2.63 bits per heavy atom. The number of anilines is 3. The van der Waals surface area contributed by atoms with Gasteiger partial charge in [0.05, 0.1) is 6.20 Å². The lowest BCUT2D eigenvalue weighted by molar-refractivity contribution is -0.135. The first-order valence-corrected chi connectivity index (χ1v) is 10.6. The van der Waals surface area contributed by atoms with Gasteiger partial charge in [0, 0.05) is 50.4 Å². The zero-order valence-electron chi connectivity index (χ0n) is 17.2. The van der Waals surface area contributed by atoms with E-state index in [1.807, 2.05) is 53.9 Å². The Balaban J connectivity index is 1.34. The summed E-state index contributed by atoms with van der Waals surface area (Å²) in [7, 11) is 0. The number of nitrogens with zero attached hydrogens (tertiary/aromatic N) is 4. The molecular weight excluding hydrogens is 400 g/mol. The van der Waals surface area contributed by atoms with Crippen LogP contribution in [0.1, 0.15) is 27.7 Å². The SMILES string of the molecule is CC(=O)N1CC(Cn2ccc(Nc3ncc(C(=O)Nc4c(C)cccc4C)s3)n2)C1. The van der Waals surface area contributed by atoms with Crippen LogP contribution in [-0.4, -0.2) is 44.6 Å². The van der Waals surface area contributed by atoms with Crippen LogP contribution >= 0.6 is 11.3 Å². The molecule has 8 nitrogen and oxygen atoms in total. The largest absolute Gasteiger partial charge is 0.342 e. The smallest absolute Gasteiger partial charge is 0.267 e. The standard InChI is InChI=1S/C21H24N6O2S/c1-13-5-4-6-14(2)19(13)24-20(29)17-9-22-21(30-17)23-18-7-8-27(25-18)12-16-10-26(11-16)15(3)28/h4-9,16H,10-12H2,1-3H3,(H,24,29)(H,22,23,25). The second-order valence-corrected chi connectivity index (χ2v) is 8.62. The molecule has 30 heavy (non-hydrogen) atoms. The fourth-order valence-electron chi connectivity index (χ4n) is 3.47. The quantitative estimate of drug-likeness (QED) is 0.633. The van der Waals surface area contributed by atoms with E-state index >= 15 is 0 Å². The summed E-state index contributed by atoms with van der Waals surface area (Å²) >= 11 is 1.28. The summed E-state index contributed by atoms with van der Waals surface area (Å²) in [5.41, 5.74) is 2.88. The number of carbonyl (C=O) groups excluding carboxylic acids is 2. The van der Waals surface area contributed by atoms with E-state index < -0.39 is 0 Å². The van der Waals surface area contributed by atoms with Gasteiger partial charge in [-0.2, -0.15) is 5.10 Å². The number of aromatic nitrogens is 3. The highest BCUT2D eigenvalue weighted by molar-refractivity contribution is 7.17. The first-order valence-electron chi connectivity index (χ1n) is 9.78. The van der Waals surface area contributed by atoms with E-state index in [2.05, 4.69) is 20.7 Å². The lowest BCUT2D eigenvalue weighted by Gasteiger charge is -2.38. The van der Waals surface area contributed by atoms with Gasteiger partial charge in [0.25, 0.3) is 5.91 Å². The van der Waals surface area contributed by atoms with Crippen molar-refractivity contribution in [2.45, 2.75) is 27.3 Å². The van der Waals surface area contributed by atoms with Crippen molar-refractivity contribution in [3.8, 4) is 0 Å². The average molecular weight is 425 g/mol. The van der Waals surface area contributed by atoms with Crippen molar-refractivity contribution in [1.29, 1.82) is 0 Å². The predicted molar refractivity (Wildman–Crippen MR) is 117 cm³/mol. The highest BCUT2D eigenvalue weighted by Crippen LogP contribution is 2.25. The molecule has 3 heterocycles. The first kappa shape index (κ1) is 20.1. The number of rotatable bonds is 6. The molecule has 4 rings (SSSR count). The molecule has 0 atom stereocenters. The highest BCUT2D eigenvalue weighted by atomic mass is 32.1. The molecule has 2 aromatic heterocycles. The maximum atomic E-state index is 12.6. The first-order chi connectivity index (χ1) is 14.4. The van der Waals surface area contributed by atoms with Gasteiger partial charge in [-0.1, -0.05) is 29.5 Å². The van der Waals surface area contributed by atoms with Gasteiger partial charge >= 0.3 is 0 Å². The van der Waals surface area contributed by atoms with E-state index in [1.54, 1.807) is 13.1 Å². The minimum Gasteiger partial charge on any atom is -0.342 e. The summed E-state index contributed by atoms with van der Waals surface area (Å²) in [5, 5.41) is 11.3. The molecule has 0 saturated carbocycles. The van der Waals surface area contributed by atoms with E-state index in [4.69, 9.17) is 0 Å². The van der Waals surface area contributed by atoms with Crippen LogP contribution in [0, 0.1) is 19.8 Å². The van der Waals surface area contributed by atoms with E-state index in [0.29, 0.717) is 21.7 Å². The van der Waals surface area contributed by atoms with Crippen LogP contribution in [0.25, 0.3) is 0 Å². The number of para-hydroxylation sites is 1. The predicted octanol–water partition coefficient (Wildman–Crippen LogP) is 3.43. The number of aryl methyl sites for hydroxylation is 2. The summed E-state index contributed by atoms with van der Waals surface area (Å²) in [4.78, 5) is 30.5. The molecule has 3 aromatic rings. The van der Waals surface area contributed by atoms with Crippen LogP contribution in [-0.2, 0) is 11.3 Å². The number of thiazole rings is 1. The van der Waals surface area contributed by atoms with Crippen molar-refractivity contribution in [1.82, 2.24) is 19.7 Å². The molecule has 9 heteroatoms. The Morgan fingerprint density at radius 2 is 1.93 bits per heavy atom. The van der Waals surface area contributed by atoms with Crippen LogP contribution in [0.3, 0.4) is 0 Å². The highest BCUT2D eigenvalue weighted by Gasteiger charge is 2.28. The number of amides is 2. The minimum absolute atomic E-state index is 0.121. The molecule has 2 N–H and O–H groups in total. The number of nitrogens with one attached hydrogen (secondary N) is 2. The van der Waals surface area contributed by atoms with Crippen LogP contribution in [0.15, 0.2) is 36.7 Å². The van der Waals surface area contributed by atoms with Crippen LogP contribution in [0.5, 0.6) is 0 Å². The zero-order valence-corrected chi connectivity index (χ0v) is 18.0. The molecule has 0 unspecified atom stereocenters. The maximum Gasteiger partial charge on any atom is 0.267 e. The van der Waals surface area contributed by atoms with Gasteiger partial charge in [0.1, 0.15) is 4.88 Å². The second-order valence-electron chi connectivity index (χ2n) is 7.59. The molecule has 2 amide bonds. The van der Waals surface area contributed by atoms with Crippen molar-refractivity contribution in [2.24, 2.45) is 5.92 Å². The summed E-state index contributed by atoms with van der Waals surface area (Å²) in [6.07, 6.45) is 3.47. The van der Waals surface area contributed by atoms with Crippen LogP contribution in [0.2, 0.25) is 0 Å². The number of likely N-dealkylation sites (tertiary alicyclic amines) is 1. The second kappa shape index (κ2) is 8.27. The zero-order chi connectivity index (χ0) is 21.3. The fraction of sp³-hybridized carbons (Fsp3) is 0.333. The third-order valence-corrected chi connectivity index (χ3v) is 6.08. The monoisotopic (exact) mass is 424 g/mol. The van der Waals surface area contributed by atoms with Gasteiger partial charge in [0.2, 0.25) is 5.91 Å². The van der Waals surface area contributed by atoms with Crippen molar-refractivity contribution >= 4 is 39.8 Å². The number of hydrogen-bond acceptors (Lipinski definition) is 6. The summed E-state index contributed by atoms with van der Waals surface area (Å²) in [6.45, 7) is 7.87. The molecule has 0 bridgehead atoms. The van der Waals surface area contributed by atoms with Crippen molar-refractivity contribution in [3.05, 3.63) is 52.7 Å². The van der Waals surface area contributed by atoms with Gasteiger partial charge < -0.3 is 15.5 Å². The topological polar surface area (TPSA) is 92.2 Å². The van der Waals surface area contributed by atoms with Gasteiger partial charge in [0.15, 0.2) is 10.9 Å². The summed E-state index contributed by atoms with van der Waals surface area (Å²) < 4.78 is 1.87. The molecule has 1 fully saturated rings. The Bertz CT molecular complexity index is 1060. The molecule has 1 aliphatic heterocycles. The van der Waals surface area contributed by atoms with E-state index in [-0.39, 0.29) is 11.8 Å². The third-order valence-electron chi connectivity index (χ3n) is 5.17. The number of hydrogen-bond donors (Lipinski definition) is 2. The van der Waals surface area contributed by atoms with E-state index in [9.17, 15) is 9.59 Å². The molecule has 0 aliphatic carbocycles. The normalized spacial score (nSPS) is 13.8. The molecule has 1 saturated heterocycles. The Hall–Kier alpha value is -3.20. The molecule has 0 spiro atoms. The van der Waals surface area contributed by atoms with Crippen LogP contribution < -0.4 is 10.6 Å². The lowest BCUT2D eigenvalue weighted by atomic mass is 10.0. The van der Waals surface area contributed by atoms with Crippen molar-refractivity contribution in [2.75, 3.05) is 23.7 Å². The summed E-state index contributed by atoms with van der Waals surface area (Å²) in [5.74, 6) is 1.05. The van der Waals surface area contributed by atoms with E-state index in [1.165, 1.54) is 11.3 Å². The Labute approximate surface area is 178 Å². The molecule has 1 aromatic carbocycles. The van der Waals surface area contributed by atoms with Crippen molar-refractivity contribution < 1.29 is 9.59 Å². The minimum atomic E-state index is -0.177. The Kier molecular flexibility index (Phi) is 5.54. The molecule has 156 valence electrons. The lowest BCUT2D eigenvalue weighted by Crippen LogP contribution is -2.50.